The fraction of sp³-hybridized carbons (Fsp3) is 0.318. The summed E-state index contributed by atoms with van der Waals surface area (Å²) in [6.45, 7) is 4.35. The van der Waals surface area contributed by atoms with Crippen LogP contribution in [0.5, 0.6) is 5.75 Å². The zero-order valence-electron chi connectivity index (χ0n) is 18.9. The van der Waals surface area contributed by atoms with E-state index in [9.17, 15) is 13.2 Å². The number of nitrogens with zero attached hydrogens (tertiary/aromatic N) is 4. The van der Waals surface area contributed by atoms with Crippen molar-refractivity contribution in [2.24, 2.45) is 0 Å². The second kappa shape index (κ2) is 10.8. The Hall–Kier alpha value is -2.89. The van der Waals surface area contributed by atoms with Crippen LogP contribution >= 0.6 is 11.8 Å². The van der Waals surface area contributed by atoms with E-state index in [0.717, 1.165) is 0 Å². The van der Waals surface area contributed by atoms with Crippen molar-refractivity contribution in [3.8, 4) is 22.8 Å². The van der Waals surface area contributed by atoms with Gasteiger partial charge in [0.05, 0.1) is 30.6 Å². The summed E-state index contributed by atoms with van der Waals surface area (Å²) >= 11 is 1.17. The summed E-state index contributed by atoms with van der Waals surface area (Å²) in [5.41, 5.74) is 1.28. The van der Waals surface area contributed by atoms with Gasteiger partial charge in [0.2, 0.25) is 10.0 Å². The number of carbonyl (C=O) groups excluding carboxylic acids is 1. The van der Waals surface area contributed by atoms with Crippen molar-refractivity contribution in [2.75, 3.05) is 33.1 Å². The number of hydrogen-bond donors (Lipinski definition) is 0. The number of ether oxygens (including phenoxy) is 2. The lowest BCUT2D eigenvalue weighted by molar-refractivity contribution is -0.137. The monoisotopic (exact) mass is 490 g/mol. The minimum Gasteiger partial charge on any atom is -0.497 e. The van der Waals surface area contributed by atoms with Gasteiger partial charge in [-0.15, -0.1) is 10.2 Å². The number of esters is 1. The molecular weight excluding hydrogens is 464 g/mol. The third-order valence-corrected chi connectivity index (χ3v) is 7.88. The summed E-state index contributed by atoms with van der Waals surface area (Å²) in [7, 11) is -0.756. The number of methoxy groups -OCH3 is 2. The van der Waals surface area contributed by atoms with E-state index in [2.05, 4.69) is 10.2 Å². The third-order valence-electron chi connectivity index (χ3n) is 4.93. The molecule has 0 aliphatic carbocycles. The molecule has 9 nitrogen and oxygen atoms in total. The fourth-order valence-electron chi connectivity index (χ4n) is 3.22. The Kier molecular flexibility index (Phi) is 8.11. The van der Waals surface area contributed by atoms with Gasteiger partial charge in [-0.2, -0.15) is 4.31 Å². The van der Waals surface area contributed by atoms with Crippen LogP contribution in [0.15, 0.2) is 58.6 Å². The van der Waals surface area contributed by atoms with Crippen LogP contribution in [0.2, 0.25) is 0 Å². The average Bonchev–Trinajstić information content (AvgIpc) is 3.27. The number of aromatic nitrogens is 3. The Bertz CT molecular complexity index is 1220. The van der Waals surface area contributed by atoms with Crippen molar-refractivity contribution in [1.82, 2.24) is 19.1 Å². The maximum atomic E-state index is 13.0. The van der Waals surface area contributed by atoms with Gasteiger partial charge in [0.15, 0.2) is 11.0 Å². The molecule has 0 aliphatic rings. The molecule has 3 aromatic rings. The van der Waals surface area contributed by atoms with Crippen LogP contribution in [-0.4, -0.2) is 66.5 Å². The van der Waals surface area contributed by atoms with Gasteiger partial charge in [0.1, 0.15) is 5.75 Å². The molecule has 176 valence electrons. The van der Waals surface area contributed by atoms with E-state index in [1.54, 1.807) is 49.8 Å². The third kappa shape index (κ3) is 5.37. The molecule has 0 saturated heterocycles. The van der Waals surface area contributed by atoms with Gasteiger partial charge in [-0.3, -0.25) is 9.36 Å². The molecule has 0 spiro atoms. The van der Waals surface area contributed by atoms with Crippen molar-refractivity contribution < 1.29 is 22.7 Å². The molecule has 0 amide bonds. The van der Waals surface area contributed by atoms with Crippen LogP contribution in [0.3, 0.4) is 0 Å². The number of carbonyl (C=O) groups is 1. The topological polar surface area (TPSA) is 104 Å². The Morgan fingerprint density at radius 1 is 1.06 bits per heavy atom. The van der Waals surface area contributed by atoms with Gasteiger partial charge < -0.3 is 9.47 Å². The Morgan fingerprint density at radius 2 is 1.79 bits per heavy atom. The van der Waals surface area contributed by atoms with E-state index >= 15 is 0 Å². The number of hydrogen-bond acceptors (Lipinski definition) is 8. The lowest BCUT2D eigenvalue weighted by atomic mass is 10.2. The summed E-state index contributed by atoms with van der Waals surface area (Å²) in [5, 5.41) is 9.04. The minimum atomic E-state index is -3.65. The molecule has 1 heterocycles. The Morgan fingerprint density at radius 3 is 2.45 bits per heavy atom. The van der Waals surface area contributed by atoms with Gasteiger partial charge in [-0.1, -0.05) is 43.8 Å². The molecule has 3 rings (SSSR count). The summed E-state index contributed by atoms with van der Waals surface area (Å²) in [6.07, 6.45) is 0. The number of thioether (sulfide) groups is 1. The van der Waals surface area contributed by atoms with Crippen LogP contribution < -0.4 is 4.74 Å². The number of rotatable bonds is 10. The molecule has 0 atom stereocenters. The van der Waals surface area contributed by atoms with E-state index in [1.165, 1.54) is 23.2 Å². The summed E-state index contributed by atoms with van der Waals surface area (Å²) in [6, 6.07) is 13.9. The normalized spacial score (nSPS) is 11.5. The first-order valence-corrected chi connectivity index (χ1v) is 12.7. The van der Waals surface area contributed by atoms with E-state index < -0.39 is 16.0 Å². The summed E-state index contributed by atoms with van der Waals surface area (Å²) < 4.78 is 39.3. The first kappa shape index (κ1) is 24.7. The SMILES string of the molecule is CCN(CC)S(=O)(=O)c1cccc(-c2nnc(SCC(=O)OC)n2-c2cccc(OC)c2)c1. The Labute approximate surface area is 197 Å². The van der Waals surface area contributed by atoms with E-state index in [1.807, 2.05) is 24.3 Å². The fourth-order valence-corrected chi connectivity index (χ4v) is 5.51. The van der Waals surface area contributed by atoms with Crippen molar-refractivity contribution in [3.63, 3.8) is 0 Å². The summed E-state index contributed by atoms with van der Waals surface area (Å²) in [5.74, 6) is 0.727. The zero-order chi connectivity index (χ0) is 24.0. The van der Waals surface area contributed by atoms with Crippen LogP contribution in [0.1, 0.15) is 13.8 Å². The molecule has 0 radical (unpaired) electrons. The molecule has 1 aromatic heterocycles. The van der Waals surface area contributed by atoms with Crippen molar-refractivity contribution in [1.29, 1.82) is 0 Å². The van der Waals surface area contributed by atoms with Crippen molar-refractivity contribution in [2.45, 2.75) is 23.9 Å². The van der Waals surface area contributed by atoms with Gasteiger partial charge >= 0.3 is 5.97 Å². The number of benzene rings is 2. The van der Waals surface area contributed by atoms with E-state index in [-0.39, 0.29) is 10.6 Å². The lowest BCUT2D eigenvalue weighted by Crippen LogP contribution is -2.30. The standard InChI is InChI=1S/C22H26N4O5S2/c1-5-25(6-2)33(28,29)19-12-7-9-16(13-19)21-23-24-22(32-15-20(27)31-4)26(21)17-10-8-11-18(14-17)30-3/h7-14H,5-6,15H2,1-4H3. The maximum absolute atomic E-state index is 13.0. The van der Waals surface area contributed by atoms with E-state index in [0.29, 0.717) is 41.1 Å². The number of sulfonamides is 1. The van der Waals surface area contributed by atoms with Crippen molar-refractivity contribution >= 4 is 27.8 Å². The van der Waals surface area contributed by atoms with Crippen molar-refractivity contribution in [3.05, 3.63) is 48.5 Å². The minimum absolute atomic E-state index is 0.0506. The predicted molar refractivity (Wildman–Crippen MR) is 126 cm³/mol. The lowest BCUT2D eigenvalue weighted by Gasteiger charge is -2.19. The van der Waals surface area contributed by atoms with Crippen LogP contribution in [-0.2, 0) is 19.6 Å². The van der Waals surface area contributed by atoms with Gasteiger partial charge in [-0.05, 0) is 24.3 Å². The highest BCUT2D eigenvalue weighted by molar-refractivity contribution is 7.99. The molecule has 0 aliphatic heterocycles. The molecule has 33 heavy (non-hydrogen) atoms. The van der Waals surface area contributed by atoms with Crippen LogP contribution in [0.4, 0.5) is 0 Å². The first-order valence-electron chi connectivity index (χ1n) is 10.3. The Balaban J connectivity index is 2.13. The van der Waals surface area contributed by atoms with Gasteiger partial charge in [-0.25, -0.2) is 8.42 Å². The van der Waals surface area contributed by atoms with Gasteiger partial charge in [0, 0.05) is 24.7 Å². The smallest absolute Gasteiger partial charge is 0.316 e. The second-order valence-corrected chi connectivity index (χ2v) is 9.71. The molecule has 0 bridgehead atoms. The largest absolute Gasteiger partial charge is 0.497 e. The highest BCUT2D eigenvalue weighted by atomic mass is 32.2. The predicted octanol–water partition coefficient (Wildman–Crippen LogP) is 3.24. The van der Waals surface area contributed by atoms with Crippen LogP contribution in [0, 0.1) is 0 Å². The molecule has 2 aromatic carbocycles. The molecule has 0 unspecified atom stereocenters. The molecule has 0 saturated carbocycles. The molecular formula is C22H26N4O5S2. The average molecular weight is 491 g/mol. The first-order chi connectivity index (χ1) is 15.8. The quantitative estimate of drug-likeness (QED) is 0.315. The summed E-state index contributed by atoms with van der Waals surface area (Å²) in [4.78, 5) is 11.9. The highest BCUT2D eigenvalue weighted by Crippen LogP contribution is 2.31. The molecule has 11 heteroatoms. The second-order valence-electron chi connectivity index (χ2n) is 6.83. The molecule has 0 fully saturated rings. The maximum Gasteiger partial charge on any atom is 0.316 e. The van der Waals surface area contributed by atoms with Crippen LogP contribution in [0.25, 0.3) is 17.1 Å². The highest BCUT2D eigenvalue weighted by Gasteiger charge is 2.24. The van der Waals surface area contributed by atoms with Gasteiger partial charge in [0.25, 0.3) is 0 Å². The molecule has 0 N–H and O–H groups in total. The van der Waals surface area contributed by atoms with E-state index in [4.69, 9.17) is 9.47 Å². The zero-order valence-corrected chi connectivity index (χ0v) is 20.5.